The fraction of sp³-hybridized carbons (Fsp3) is 0.625. The van der Waals surface area contributed by atoms with Crippen LogP contribution < -0.4 is 5.32 Å². The van der Waals surface area contributed by atoms with Gasteiger partial charge in [0.05, 0.1) is 0 Å². The summed E-state index contributed by atoms with van der Waals surface area (Å²) in [6.07, 6.45) is 5.29. The Morgan fingerprint density at radius 2 is 1.76 bits per heavy atom. The van der Waals surface area contributed by atoms with Crippen molar-refractivity contribution in [3.8, 4) is 0 Å². The summed E-state index contributed by atoms with van der Waals surface area (Å²) in [7, 11) is 0. The van der Waals surface area contributed by atoms with Gasteiger partial charge in [-0.2, -0.15) is 0 Å². The molecule has 0 fully saturated rings. The Bertz CT molecular complexity index is 310. The molecule has 1 N–H and O–H groups in total. The van der Waals surface area contributed by atoms with Crippen molar-refractivity contribution in [1.82, 2.24) is 0 Å². The standard InChI is InChI=1S/C16H27N/c1-5-7-11-15(6-2)12-17-16-13(3)9-8-10-14(16)4/h8-10,15,17H,5-7,11-12H2,1-4H3. The van der Waals surface area contributed by atoms with Crippen molar-refractivity contribution >= 4 is 5.69 Å². The van der Waals surface area contributed by atoms with E-state index in [2.05, 4.69) is 51.2 Å². The third-order valence-corrected chi connectivity index (χ3v) is 3.59. The van der Waals surface area contributed by atoms with E-state index in [4.69, 9.17) is 0 Å². The van der Waals surface area contributed by atoms with Gasteiger partial charge in [0, 0.05) is 12.2 Å². The first-order valence-corrected chi connectivity index (χ1v) is 6.99. The molecule has 0 saturated heterocycles. The zero-order valence-electron chi connectivity index (χ0n) is 11.8. The van der Waals surface area contributed by atoms with Crippen LogP contribution >= 0.6 is 0 Å². The molecule has 1 aromatic rings. The second kappa shape index (κ2) is 7.37. The van der Waals surface area contributed by atoms with E-state index in [1.165, 1.54) is 42.5 Å². The fourth-order valence-electron chi connectivity index (χ4n) is 2.28. The molecule has 1 unspecified atom stereocenters. The van der Waals surface area contributed by atoms with Gasteiger partial charge in [0.2, 0.25) is 0 Å². The van der Waals surface area contributed by atoms with E-state index < -0.39 is 0 Å². The summed E-state index contributed by atoms with van der Waals surface area (Å²) in [5.74, 6) is 0.814. The van der Waals surface area contributed by atoms with E-state index in [1.807, 2.05) is 0 Å². The first-order chi connectivity index (χ1) is 8.19. The first-order valence-electron chi connectivity index (χ1n) is 6.99. The lowest BCUT2D eigenvalue weighted by molar-refractivity contribution is 0.472. The van der Waals surface area contributed by atoms with Crippen LogP contribution in [-0.4, -0.2) is 6.54 Å². The van der Waals surface area contributed by atoms with Gasteiger partial charge in [0.1, 0.15) is 0 Å². The van der Waals surface area contributed by atoms with Crippen LogP contribution in [0.25, 0.3) is 0 Å². The van der Waals surface area contributed by atoms with E-state index >= 15 is 0 Å². The summed E-state index contributed by atoms with van der Waals surface area (Å²) in [6.45, 7) is 10.0. The van der Waals surface area contributed by atoms with Gasteiger partial charge in [-0.25, -0.2) is 0 Å². The van der Waals surface area contributed by atoms with Gasteiger partial charge in [-0.15, -0.1) is 0 Å². The molecule has 96 valence electrons. The van der Waals surface area contributed by atoms with Crippen molar-refractivity contribution in [2.75, 3.05) is 11.9 Å². The highest BCUT2D eigenvalue weighted by Gasteiger charge is 2.07. The molecular weight excluding hydrogens is 206 g/mol. The molecule has 1 aromatic carbocycles. The Balaban J connectivity index is 2.53. The van der Waals surface area contributed by atoms with E-state index in [1.54, 1.807) is 0 Å². The number of hydrogen-bond donors (Lipinski definition) is 1. The average molecular weight is 233 g/mol. The molecule has 0 spiro atoms. The molecule has 0 saturated carbocycles. The lowest BCUT2D eigenvalue weighted by Gasteiger charge is -2.18. The van der Waals surface area contributed by atoms with Crippen LogP contribution in [0.15, 0.2) is 18.2 Å². The number of aryl methyl sites for hydroxylation is 2. The van der Waals surface area contributed by atoms with Gasteiger partial charge >= 0.3 is 0 Å². The Labute approximate surface area is 107 Å². The van der Waals surface area contributed by atoms with Crippen molar-refractivity contribution in [3.05, 3.63) is 29.3 Å². The molecule has 1 heteroatoms. The Morgan fingerprint density at radius 3 is 2.29 bits per heavy atom. The predicted octanol–water partition coefficient (Wildman–Crippen LogP) is 4.93. The second-order valence-corrected chi connectivity index (χ2v) is 5.06. The van der Waals surface area contributed by atoms with Crippen molar-refractivity contribution in [2.24, 2.45) is 5.92 Å². The van der Waals surface area contributed by atoms with Gasteiger partial charge in [-0.1, -0.05) is 51.3 Å². The number of anilines is 1. The quantitative estimate of drug-likeness (QED) is 0.704. The molecule has 0 bridgehead atoms. The molecule has 0 aliphatic heterocycles. The molecule has 0 aliphatic rings. The Kier molecular flexibility index (Phi) is 6.10. The minimum Gasteiger partial charge on any atom is -0.384 e. The van der Waals surface area contributed by atoms with Crippen LogP contribution in [0.4, 0.5) is 5.69 Å². The smallest absolute Gasteiger partial charge is 0.0399 e. The van der Waals surface area contributed by atoms with Gasteiger partial charge in [-0.3, -0.25) is 0 Å². The summed E-state index contributed by atoms with van der Waals surface area (Å²) >= 11 is 0. The third kappa shape index (κ3) is 4.41. The molecule has 0 radical (unpaired) electrons. The van der Waals surface area contributed by atoms with Crippen molar-refractivity contribution in [1.29, 1.82) is 0 Å². The first kappa shape index (κ1) is 14.1. The maximum Gasteiger partial charge on any atom is 0.0399 e. The normalized spacial score (nSPS) is 12.5. The van der Waals surface area contributed by atoms with Crippen molar-refractivity contribution in [2.45, 2.75) is 53.4 Å². The van der Waals surface area contributed by atoms with E-state index in [0.717, 1.165) is 12.5 Å². The zero-order chi connectivity index (χ0) is 12.7. The molecular formula is C16H27N. The van der Waals surface area contributed by atoms with Crippen LogP contribution in [0.2, 0.25) is 0 Å². The Morgan fingerprint density at radius 1 is 1.12 bits per heavy atom. The maximum absolute atomic E-state index is 3.64. The molecule has 17 heavy (non-hydrogen) atoms. The lowest BCUT2D eigenvalue weighted by Crippen LogP contribution is -2.14. The highest BCUT2D eigenvalue weighted by atomic mass is 14.9. The number of rotatable bonds is 7. The average Bonchev–Trinajstić information content (AvgIpc) is 2.32. The minimum atomic E-state index is 0.814. The highest BCUT2D eigenvalue weighted by molar-refractivity contribution is 5.56. The summed E-state index contributed by atoms with van der Waals surface area (Å²) in [6, 6.07) is 6.49. The highest BCUT2D eigenvalue weighted by Crippen LogP contribution is 2.21. The molecule has 0 amide bonds. The summed E-state index contributed by atoms with van der Waals surface area (Å²) in [4.78, 5) is 0. The zero-order valence-corrected chi connectivity index (χ0v) is 11.8. The number of nitrogens with one attached hydrogen (secondary N) is 1. The maximum atomic E-state index is 3.64. The summed E-state index contributed by atoms with van der Waals surface area (Å²) in [5, 5.41) is 3.64. The van der Waals surface area contributed by atoms with Crippen LogP contribution in [0.3, 0.4) is 0 Å². The molecule has 0 aromatic heterocycles. The third-order valence-electron chi connectivity index (χ3n) is 3.59. The van der Waals surface area contributed by atoms with Crippen LogP contribution in [-0.2, 0) is 0 Å². The number of para-hydroxylation sites is 1. The van der Waals surface area contributed by atoms with E-state index in [9.17, 15) is 0 Å². The van der Waals surface area contributed by atoms with E-state index in [0.29, 0.717) is 0 Å². The van der Waals surface area contributed by atoms with Crippen LogP contribution in [0.1, 0.15) is 50.7 Å². The molecule has 1 atom stereocenters. The van der Waals surface area contributed by atoms with Crippen molar-refractivity contribution in [3.63, 3.8) is 0 Å². The topological polar surface area (TPSA) is 12.0 Å². The summed E-state index contributed by atoms with van der Waals surface area (Å²) in [5.41, 5.74) is 4.05. The van der Waals surface area contributed by atoms with Crippen LogP contribution in [0, 0.1) is 19.8 Å². The van der Waals surface area contributed by atoms with Gasteiger partial charge < -0.3 is 5.32 Å². The Hall–Kier alpha value is -0.980. The molecule has 1 rings (SSSR count). The molecule has 1 nitrogen and oxygen atoms in total. The monoisotopic (exact) mass is 233 g/mol. The fourth-order valence-corrected chi connectivity index (χ4v) is 2.28. The SMILES string of the molecule is CCCCC(CC)CNc1c(C)cccc1C. The lowest BCUT2D eigenvalue weighted by atomic mass is 9.99. The molecule has 0 heterocycles. The molecule has 0 aliphatic carbocycles. The number of hydrogen-bond acceptors (Lipinski definition) is 1. The van der Waals surface area contributed by atoms with Gasteiger partial charge in [-0.05, 0) is 37.3 Å². The van der Waals surface area contributed by atoms with Gasteiger partial charge in [0.15, 0.2) is 0 Å². The van der Waals surface area contributed by atoms with Gasteiger partial charge in [0.25, 0.3) is 0 Å². The number of benzene rings is 1. The largest absolute Gasteiger partial charge is 0.384 e. The van der Waals surface area contributed by atoms with Crippen LogP contribution in [0.5, 0.6) is 0 Å². The summed E-state index contributed by atoms with van der Waals surface area (Å²) < 4.78 is 0. The predicted molar refractivity (Wildman–Crippen MR) is 77.7 cm³/mol. The second-order valence-electron chi connectivity index (χ2n) is 5.06. The van der Waals surface area contributed by atoms with Crippen molar-refractivity contribution < 1.29 is 0 Å². The number of unbranched alkanes of at least 4 members (excludes halogenated alkanes) is 1. The minimum absolute atomic E-state index is 0.814. The van der Waals surface area contributed by atoms with E-state index in [-0.39, 0.29) is 0 Å².